The topological polar surface area (TPSA) is 38.0 Å². The first-order valence-corrected chi connectivity index (χ1v) is 6.20. The zero-order valence-corrected chi connectivity index (χ0v) is 8.70. The molecule has 2 atom stereocenters. The summed E-state index contributed by atoms with van der Waals surface area (Å²) < 4.78 is 0. The van der Waals surface area contributed by atoms with E-state index in [1.807, 2.05) is 11.8 Å². The lowest BCUT2D eigenvalue weighted by molar-refractivity contribution is 0.517. The van der Waals surface area contributed by atoms with E-state index in [1.165, 1.54) is 31.4 Å². The highest BCUT2D eigenvalue weighted by molar-refractivity contribution is 7.98. The van der Waals surface area contributed by atoms with Crippen LogP contribution < -0.4 is 11.1 Å². The minimum atomic E-state index is 0.461. The Kier molecular flexibility index (Phi) is 5.04. The summed E-state index contributed by atoms with van der Waals surface area (Å²) in [4.78, 5) is 0. The van der Waals surface area contributed by atoms with Crippen LogP contribution in [0.25, 0.3) is 0 Å². The van der Waals surface area contributed by atoms with Crippen molar-refractivity contribution in [3.05, 3.63) is 0 Å². The number of nitrogens with two attached hydrogens (primary N) is 1. The van der Waals surface area contributed by atoms with Crippen molar-refractivity contribution in [3.63, 3.8) is 0 Å². The Labute approximate surface area is 79.7 Å². The van der Waals surface area contributed by atoms with E-state index in [0.717, 1.165) is 6.54 Å². The van der Waals surface area contributed by atoms with E-state index in [-0.39, 0.29) is 0 Å². The third kappa shape index (κ3) is 3.78. The summed E-state index contributed by atoms with van der Waals surface area (Å²) in [6.45, 7) is 1.16. The Balaban J connectivity index is 1.93. The maximum Gasteiger partial charge on any atom is 0.00823 e. The molecule has 0 aliphatic heterocycles. The molecule has 0 bridgehead atoms. The molecule has 72 valence electrons. The van der Waals surface area contributed by atoms with Gasteiger partial charge in [-0.3, -0.25) is 0 Å². The fourth-order valence-electron chi connectivity index (χ4n) is 1.72. The maximum absolute atomic E-state index is 5.81. The standard InChI is InChI=1S/C9H20N2S/c1-12-6-2-5-11-9-4-3-8(10)7-9/h8-9,11H,2-7,10H2,1H3. The van der Waals surface area contributed by atoms with E-state index < -0.39 is 0 Å². The average Bonchev–Trinajstić information content (AvgIpc) is 2.45. The maximum atomic E-state index is 5.81. The van der Waals surface area contributed by atoms with Crippen LogP contribution in [-0.4, -0.2) is 30.6 Å². The van der Waals surface area contributed by atoms with Gasteiger partial charge in [0, 0.05) is 12.1 Å². The Morgan fingerprint density at radius 2 is 2.33 bits per heavy atom. The first-order chi connectivity index (χ1) is 5.83. The molecule has 1 aliphatic rings. The van der Waals surface area contributed by atoms with Crippen LogP contribution in [0.1, 0.15) is 25.7 Å². The largest absolute Gasteiger partial charge is 0.328 e. The molecule has 1 rings (SSSR count). The lowest BCUT2D eigenvalue weighted by Crippen LogP contribution is -2.29. The number of hydrogen-bond donors (Lipinski definition) is 2. The third-order valence-electron chi connectivity index (χ3n) is 2.43. The minimum Gasteiger partial charge on any atom is -0.328 e. The van der Waals surface area contributed by atoms with Gasteiger partial charge >= 0.3 is 0 Å². The second kappa shape index (κ2) is 5.84. The zero-order chi connectivity index (χ0) is 8.81. The predicted molar refractivity (Wildman–Crippen MR) is 56.6 cm³/mol. The number of nitrogens with one attached hydrogen (secondary N) is 1. The molecule has 0 saturated heterocycles. The highest BCUT2D eigenvalue weighted by Gasteiger charge is 2.20. The number of thioether (sulfide) groups is 1. The monoisotopic (exact) mass is 188 g/mol. The Morgan fingerprint density at radius 1 is 1.50 bits per heavy atom. The van der Waals surface area contributed by atoms with E-state index in [4.69, 9.17) is 5.73 Å². The van der Waals surface area contributed by atoms with Crippen molar-refractivity contribution in [1.29, 1.82) is 0 Å². The molecule has 0 heterocycles. The van der Waals surface area contributed by atoms with Crippen molar-refractivity contribution in [3.8, 4) is 0 Å². The molecule has 0 aromatic heterocycles. The molecule has 2 nitrogen and oxygen atoms in total. The first kappa shape index (κ1) is 10.4. The Hall–Kier alpha value is 0.270. The molecule has 0 radical (unpaired) electrons. The molecule has 1 saturated carbocycles. The summed E-state index contributed by atoms with van der Waals surface area (Å²) in [6, 6.07) is 1.17. The van der Waals surface area contributed by atoms with Crippen molar-refractivity contribution >= 4 is 11.8 Å². The minimum absolute atomic E-state index is 0.461. The smallest absolute Gasteiger partial charge is 0.00823 e. The van der Waals surface area contributed by atoms with Gasteiger partial charge < -0.3 is 11.1 Å². The van der Waals surface area contributed by atoms with Gasteiger partial charge in [0.25, 0.3) is 0 Å². The van der Waals surface area contributed by atoms with Gasteiger partial charge in [0.2, 0.25) is 0 Å². The molecule has 0 spiro atoms. The summed E-state index contributed by atoms with van der Waals surface area (Å²) in [7, 11) is 0. The molecule has 2 unspecified atom stereocenters. The summed E-state index contributed by atoms with van der Waals surface area (Å²) >= 11 is 1.92. The second-order valence-corrected chi connectivity index (χ2v) is 4.56. The lowest BCUT2D eigenvalue weighted by atomic mass is 10.2. The van der Waals surface area contributed by atoms with Crippen LogP contribution in [0, 0.1) is 0 Å². The van der Waals surface area contributed by atoms with Gasteiger partial charge in [-0.05, 0) is 44.2 Å². The molecule has 0 aromatic carbocycles. The predicted octanol–water partition coefficient (Wildman–Crippen LogP) is 1.21. The van der Waals surface area contributed by atoms with Gasteiger partial charge in [-0.2, -0.15) is 11.8 Å². The quantitative estimate of drug-likeness (QED) is 0.637. The fraction of sp³-hybridized carbons (Fsp3) is 1.00. The molecule has 3 N–H and O–H groups in total. The van der Waals surface area contributed by atoms with Crippen molar-refractivity contribution in [2.75, 3.05) is 18.6 Å². The van der Waals surface area contributed by atoms with Gasteiger partial charge in [-0.1, -0.05) is 0 Å². The van der Waals surface area contributed by atoms with E-state index in [2.05, 4.69) is 11.6 Å². The zero-order valence-electron chi connectivity index (χ0n) is 7.88. The van der Waals surface area contributed by atoms with Crippen LogP contribution in [-0.2, 0) is 0 Å². The van der Waals surface area contributed by atoms with Crippen LogP contribution in [0.4, 0.5) is 0 Å². The highest BCUT2D eigenvalue weighted by atomic mass is 32.2. The van der Waals surface area contributed by atoms with Gasteiger partial charge in [-0.15, -0.1) is 0 Å². The van der Waals surface area contributed by atoms with E-state index >= 15 is 0 Å². The van der Waals surface area contributed by atoms with Crippen molar-refractivity contribution < 1.29 is 0 Å². The normalized spacial score (nSPS) is 29.5. The van der Waals surface area contributed by atoms with Crippen LogP contribution in [0.5, 0.6) is 0 Å². The van der Waals surface area contributed by atoms with E-state index in [9.17, 15) is 0 Å². The second-order valence-electron chi connectivity index (χ2n) is 3.57. The average molecular weight is 188 g/mol. The fourth-order valence-corrected chi connectivity index (χ4v) is 2.16. The number of rotatable bonds is 5. The third-order valence-corrected chi connectivity index (χ3v) is 3.13. The van der Waals surface area contributed by atoms with E-state index in [0.29, 0.717) is 12.1 Å². The van der Waals surface area contributed by atoms with Crippen LogP contribution in [0.15, 0.2) is 0 Å². The SMILES string of the molecule is CSCCCNC1CCC(N)C1. The summed E-state index contributed by atoms with van der Waals surface area (Å²) in [5, 5.41) is 3.55. The van der Waals surface area contributed by atoms with Crippen LogP contribution in [0.2, 0.25) is 0 Å². The summed E-state index contributed by atoms with van der Waals surface area (Å²) in [5.74, 6) is 1.27. The Bertz CT molecular complexity index is 119. The van der Waals surface area contributed by atoms with Crippen molar-refractivity contribution in [1.82, 2.24) is 5.32 Å². The molecule has 3 heteroatoms. The van der Waals surface area contributed by atoms with Crippen molar-refractivity contribution in [2.45, 2.75) is 37.8 Å². The van der Waals surface area contributed by atoms with Crippen LogP contribution in [0.3, 0.4) is 0 Å². The van der Waals surface area contributed by atoms with Gasteiger partial charge in [-0.25, -0.2) is 0 Å². The van der Waals surface area contributed by atoms with Gasteiger partial charge in [0.1, 0.15) is 0 Å². The molecular formula is C9H20N2S. The summed E-state index contributed by atoms with van der Waals surface area (Å²) in [5.41, 5.74) is 5.81. The van der Waals surface area contributed by atoms with Gasteiger partial charge in [0.05, 0.1) is 0 Å². The lowest BCUT2D eigenvalue weighted by Gasteiger charge is -2.11. The molecule has 1 fully saturated rings. The van der Waals surface area contributed by atoms with E-state index in [1.54, 1.807) is 0 Å². The van der Waals surface area contributed by atoms with Crippen LogP contribution >= 0.6 is 11.8 Å². The first-order valence-electron chi connectivity index (χ1n) is 4.81. The molecule has 12 heavy (non-hydrogen) atoms. The van der Waals surface area contributed by atoms with Crippen molar-refractivity contribution in [2.24, 2.45) is 5.73 Å². The molecule has 0 amide bonds. The summed E-state index contributed by atoms with van der Waals surface area (Å²) in [6.07, 6.45) is 7.11. The molecular weight excluding hydrogens is 168 g/mol. The van der Waals surface area contributed by atoms with Gasteiger partial charge in [0.15, 0.2) is 0 Å². The molecule has 1 aliphatic carbocycles. The Morgan fingerprint density at radius 3 is 2.92 bits per heavy atom. The number of hydrogen-bond acceptors (Lipinski definition) is 3. The molecule has 0 aromatic rings. The highest BCUT2D eigenvalue weighted by Crippen LogP contribution is 2.16.